The first kappa shape index (κ1) is 35.8. The molecule has 0 aromatic heterocycles. The van der Waals surface area contributed by atoms with E-state index in [-0.39, 0.29) is 39.3 Å². The number of aliphatic hydroxyl groups excluding tert-OH is 6. The van der Waals surface area contributed by atoms with Crippen LogP contribution in [0.2, 0.25) is 0 Å². The summed E-state index contributed by atoms with van der Waals surface area (Å²) in [5.41, 5.74) is 35.1. The molecule has 18 heteroatoms. The highest BCUT2D eigenvalue weighted by atomic mass is 16.7. The minimum absolute atomic E-state index is 0.0139. The molecule has 2 saturated heterocycles. The standard InChI is InChI=1S/C24H50N6O12/c1-8-20(38-7-10(4-26)37-6-9(31)3-25)17(34)18(35)24(39-8)42-22-12(29)2-11(28)21(19(22)36)41-23-14(30)16(33)15(32)13(5-27)40-23/h8-24,31-36H,2-7,25-30H2,1H3. The first-order chi connectivity index (χ1) is 19.8. The fourth-order valence-corrected chi connectivity index (χ4v) is 5.29. The summed E-state index contributed by atoms with van der Waals surface area (Å²) in [4.78, 5) is 0. The molecule has 1 saturated carbocycles. The highest BCUT2D eigenvalue weighted by molar-refractivity contribution is 5.01. The SMILES string of the molecule is CC1OC(OC2C(N)CC(N)C(OC3OC(CN)C(O)C(O)C3N)C2O)C(O)C(O)C1OCC(CN)OCC(O)CN. The van der Waals surface area contributed by atoms with Crippen LogP contribution in [0, 0.1) is 0 Å². The van der Waals surface area contributed by atoms with Gasteiger partial charge in [-0.3, -0.25) is 0 Å². The number of nitrogens with two attached hydrogens (primary N) is 6. The maximum absolute atomic E-state index is 11.2. The largest absolute Gasteiger partial charge is 0.389 e. The summed E-state index contributed by atoms with van der Waals surface area (Å²) >= 11 is 0. The molecule has 0 aromatic rings. The average molecular weight is 615 g/mol. The topological polar surface area (TPSA) is 333 Å². The van der Waals surface area contributed by atoms with Crippen molar-refractivity contribution in [2.75, 3.05) is 32.8 Å². The minimum atomic E-state index is -1.60. The van der Waals surface area contributed by atoms with Gasteiger partial charge in [0.05, 0.1) is 37.6 Å². The van der Waals surface area contributed by atoms with Crippen LogP contribution in [0.1, 0.15) is 13.3 Å². The van der Waals surface area contributed by atoms with Gasteiger partial charge < -0.3 is 93.5 Å². The molecule has 3 fully saturated rings. The molecule has 248 valence electrons. The van der Waals surface area contributed by atoms with Crippen LogP contribution >= 0.6 is 0 Å². The van der Waals surface area contributed by atoms with Crippen LogP contribution in [0.5, 0.6) is 0 Å². The Morgan fingerprint density at radius 1 is 0.738 bits per heavy atom. The Kier molecular flexibility index (Phi) is 13.6. The molecule has 3 aliphatic rings. The van der Waals surface area contributed by atoms with E-state index in [1.807, 2.05) is 0 Å². The molecule has 0 bridgehead atoms. The predicted octanol–water partition coefficient (Wildman–Crippen LogP) is -7.58. The Hall–Kier alpha value is -0.720. The third-order valence-electron chi connectivity index (χ3n) is 7.94. The average Bonchev–Trinajstić information content (AvgIpc) is 2.96. The van der Waals surface area contributed by atoms with Crippen LogP contribution in [0.25, 0.3) is 0 Å². The molecule has 0 spiro atoms. The van der Waals surface area contributed by atoms with Gasteiger partial charge in [-0.1, -0.05) is 0 Å². The molecule has 18 N–H and O–H groups in total. The second kappa shape index (κ2) is 16.0. The maximum Gasteiger partial charge on any atom is 0.187 e. The molecular formula is C24H50N6O12. The molecule has 42 heavy (non-hydrogen) atoms. The van der Waals surface area contributed by atoms with Gasteiger partial charge in [-0.2, -0.15) is 0 Å². The predicted molar refractivity (Wildman–Crippen MR) is 144 cm³/mol. The molecule has 0 radical (unpaired) electrons. The van der Waals surface area contributed by atoms with Crippen molar-refractivity contribution in [1.29, 1.82) is 0 Å². The fraction of sp³-hybridized carbons (Fsp3) is 1.00. The zero-order chi connectivity index (χ0) is 31.3. The zero-order valence-corrected chi connectivity index (χ0v) is 23.7. The van der Waals surface area contributed by atoms with E-state index in [1.165, 1.54) is 0 Å². The number of aliphatic hydroxyl groups is 6. The van der Waals surface area contributed by atoms with Gasteiger partial charge in [-0.05, 0) is 13.3 Å². The lowest BCUT2D eigenvalue weighted by atomic mass is 9.84. The van der Waals surface area contributed by atoms with E-state index in [0.717, 1.165) is 0 Å². The van der Waals surface area contributed by atoms with Crippen LogP contribution in [0.3, 0.4) is 0 Å². The van der Waals surface area contributed by atoms with Gasteiger partial charge in [-0.25, -0.2) is 0 Å². The smallest absolute Gasteiger partial charge is 0.187 e. The summed E-state index contributed by atoms with van der Waals surface area (Å²) in [6.07, 6.45) is -16.4. The summed E-state index contributed by atoms with van der Waals surface area (Å²) in [5.74, 6) is 0. The van der Waals surface area contributed by atoms with Crippen molar-refractivity contribution in [3.8, 4) is 0 Å². The van der Waals surface area contributed by atoms with Crippen molar-refractivity contribution in [3.63, 3.8) is 0 Å². The van der Waals surface area contributed by atoms with Crippen LogP contribution in [-0.4, -0.2) is 167 Å². The van der Waals surface area contributed by atoms with Gasteiger partial charge in [0.25, 0.3) is 0 Å². The van der Waals surface area contributed by atoms with Crippen molar-refractivity contribution in [3.05, 3.63) is 0 Å². The van der Waals surface area contributed by atoms with Crippen LogP contribution in [0.4, 0.5) is 0 Å². The van der Waals surface area contributed by atoms with Gasteiger partial charge in [0.1, 0.15) is 54.9 Å². The Labute approximate surface area is 244 Å². The van der Waals surface area contributed by atoms with Gasteiger partial charge in [0.15, 0.2) is 12.6 Å². The van der Waals surface area contributed by atoms with Gasteiger partial charge in [0, 0.05) is 31.7 Å². The molecule has 18 nitrogen and oxygen atoms in total. The first-order valence-corrected chi connectivity index (χ1v) is 14.1. The highest BCUT2D eigenvalue weighted by Crippen LogP contribution is 2.31. The van der Waals surface area contributed by atoms with E-state index < -0.39 is 104 Å². The van der Waals surface area contributed by atoms with Crippen molar-refractivity contribution < 1.29 is 59.1 Å². The normalized spacial score (nSPS) is 46.4. The molecule has 0 aromatic carbocycles. The van der Waals surface area contributed by atoms with Crippen molar-refractivity contribution in [2.24, 2.45) is 34.4 Å². The van der Waals surface area contributed by atoms with E-state index >= 15 is 0 Å². The maximum atomic E-state index is 11.2. The monoisotopic (exact) mass is 614 g/mol. The number of hydrogen-bond acceptors (Lipinski definition) is 18. The van der Waals surface area contributed by atoms with E-state index in [0.29, 0.717) is 0 Å². The highest BCUT2D eigenvalue weighted by Gasteiger charge is 2.51. The van der Waals surface area contributed by atoms with Crippen molar-refractivity contribution in [1.82, 2.24) is 0 Å². The van der Waals surface area contributed by atoms with E-state index in [1.54, 1.807) is 6.92 Å². The van der Waals surface area contributed by atoms with Crippen molar-refractivity contribution in [2.45, 2.75) is 117 Å². The van der Waals surface area contributed by atoms with E-state index in [2.05, 4.69) is 0 Å². The summed E-state index contributed by atoms with van der Waals surface area (Å²) in [6, 6.07) is -2.79. The second-order valence-electron chi connectivity index (χ2n) is 11.2. The summed E-state index contributed by atoms with van der Waals surface area (Å²) < 4.78 is 34.4. The molecule has 0 amide bonds. The molecule has 17 unspecified atom stereocenters. The van der Waals surface area contributed by atoms with E-state index in [4.69, 9.17) is 62.8 Å². The molecule has 3 rings (SSSR count). The van der Waals surface area contributed by atoms with Gasteiger partial charge in [-0.15, -0.1) is 0 Å². The minimum Gasteiger partial charge on any atom is -0.389 e. The molecular weight excluding hydrogens is 564 g/mol. The third kappa shape index (κ3) is 8.30. The van der Waals surface area contributed by atoms with Crippen molar-refractivity contribution >= 4 is 0 Å². The van der Waals surface area contributed by atoms with Crippen LogP contribution in [-0.2, 0) is 28.4 Å². The molecule has 1 aliphatic carbocycles. The lowest BCUT2D eigenvalue weighted by Crippen LogP contribution is -2.68. The zero-order valence-electron chi connectivity index (χ0n) is 23.7. The summed E-state index contributed by atoms with van der Waals surface area (Å²) in [7, 11) is 0. The first-order valence-electron chi connectivity index (χ1n) is 14.1. The lowest BCUT2D eigenvalue weighted by Gasteiger charge is -2.48. The van der Waals surface area contributed by atoms with Crippen LogP contribution in [0.15, 0.2) is 0 Å². The Balaban J connectivity index is 1.62. The number of ether oxygens (including phenoxy) is 6. The molecule has 2 aliphatic heterocycles. The Bertz CT molecular complexity index is 809. The Morgan fingerprint density at radius 3 is 1.93 bits per heavy atom. The number of hydrogen-bond donors (Lipinski definition) is 12. The van der Waals surface area contributed by atoms with Gasteiger partial charge in [0.2, 0.25) is 0 Å². The summed E-state index contributed by atoms with van der Waals surface area (Å²) in [6.45, 7) is 1.44. The number of rotatable bonds is 13. The van der Waals surface area contributed by atoms with E-state index in [9.17, 15) is 30.6 Å². The van der Waals surface area contributed by atoms with Crippen LogP contribution < -0.4 is 34.4 Å². The third-order valence-corrected chi connectivity index (χ3v) is 7.94. The quantitative estimate of drug-likeness (QED) is 0.0916. The molecule has 17 atom stereocenters. The fourth-order valence-electron chi connectivity index (χ4n) is 5.29. The molecule has 2 heterocycles. The lowest BCUT2D eigenvalue weighted by molar-refractivity contribution is -0.331. The van der Waals surface area contributed by atoms with Gasteiger partial charge >= 0.3 is 0 Å². The summed E-state index contributed by atoms with van der Waals surface area (Å²) in [5, 5.41) is 62.8. The second-order valence-corrected chi connectivity index (χ2v) is 11.2. The Morgan fingerprint density at radius 2 is 1.36 bits per heavy atom.